The average molecular weight is 208 g/mol. The van der Waals surface area contributed by atoms with Crippen molar-refractivity contribution in [3.8, 4) is 0 Å². The maximum atomic E-state index is 11.8. The van der Waals surface area contributed by atoms with Crippen molar-refractivity contribution in [3.63, 3.8) is 0 Å². The second kappa shape index (κ2) is 4.02. The zero-order chi connectivity index (χ0) is 10.8. The van der Waals surface area contributed by atoms with E-state index in [9.17, 15) is 4.79 Å². The van der Waals surface area contributed by atoms with Gasteiger partial charge >= 0.3 is 0 Å². The normalized spacial score (nSPS) is 20.5. The fourth-order valence-corrected chi connectivity index (χ4v) is 1.76. The van der Waals surface area contributed by atoms with Crippen LogP contribution in [0.15, 0.2) is 6.20 Å². The van der Waals surface area contributed by atoms with E-state index in [2.05, 4.69) is 15.7 Å². The predicted octanol–water partition coefficient (Wildman–Crippen LogP) is -0.180. The summed E-state index contributed by atoms with van der Waals surface area (Å²) < 4.78 is 1.71. The van der Waals surface area contributed by atoms with Crippen LogP contribution in [0.3, 0.4) is 0 Å². The van der Waals surface area contributed by atoms with Gasteiger partial charge in [-0.2, -0.15) is 5.10 Å². The first-order valence-corrected chi connectivity index (χ1v) is 5.18. The quantitative estimate of drug-likeness (QED) is 0.709. The maximum Gasteiger partial charge on any atom is 0.255 e. The monoisotopic (exact) mass is 208 g/mol. The first-order chi connectivity index (χ1) is 7.18. The van der Waals surface area contributed by atoms with Crippen molar-refractivity contribution in [2.75, 3.05) is 13.1 Å². The van der Waals surface area contributed by atoms with Gasteiger partial charge in [-0.05, 0) is 19.9 Å². The highest BCUT2D eigenvalue weighted by Crippen LogP contribution is 2.06. The lowest BCUT2D eigenvalue weighted by atomic mass is 10.2. The van der Waals surface area contributed by atoms with E-state index in [0.717, 1.165) is 25.2 Å². The number of carbonyl (C=O) groups excluding carboxylic acids is 1. The molecule has 0 unspecified atom stereocenters. The number of hydrogen-bond donors (Lipinski definition) is 2. The third-order valence-electron chi connectivity index (χ3n) is 2.88. The smallest absolute Gasteiger partial charge is 0.255 e. The topological polar surface area (TPSA) is 59.0 Å². The summed E-state index contributed by atoms with van der Waals surface area (Å²) in [6, 6.07) is 0.261. The first kappa shape index (κ1) is 10.2. The molecule has 5 nitrogen and oxygen atoms in total. The van der Waals surface area contributed by atoms with Gasteiger partial charge in [0.25, 0.3) is 5.91 Å². The summed E-state index contributed by atoms with van der Waals surface area (Å²) in [5.74, 6) is -0.0192. The molecule has 82 valence electrons. The van der Waals surface area contributed by atoms with Crippen molar-refractivity contribution in [2.24, 2.45) is 7.05 Å². The number of nitrogens with one attached hydrogen (secondary N) is 2. The SMILES string of the molecule is Cc1c(C(=O)N[C@H]2CCNC2)cnn1C. The standard InChI is InChI=1S/C10H16N4O/c1-7-9(6-12-14(7)2)10(15)13-8-3-4-11-5-8/h6,8,11H,3-5H2,1-2H3,(H,13,15)/t8-/m0/s1. The van der Waals surface area contributed by atoms with Crippen LogP contribution in [0.2, 0.25) is 0 Å². The molecule has 0 bridgehead atoms. The van der Waals surface area contributed by atoms with E-state index in [0.29, 0.717) is 5.56 Å². The minimum Gasteiger partial charge on any atom is -0.348 e. The predicted molar refractivity (Wildman–Crippen MR) is 56.7 cm³/mol. The molecule has 0 saturated carbocycles. The van der Waals surface area contributed by atoms with Gasteiger partial charge in [0.05, 0.1) is 11.8 Å². The number of aryl methyl sites for hydroxylation is 1. The Kier molecular flexibility index (Phi) is 2.73. The molecule has 0 spiro atoms. The van der Waals surface area contributed by atoms with Crippen LogP contribution in [0.5, 0.6) is 0 Å². The number of aromatic nitrogens is 2. The van der Waals surface area contributed by atoms with Crippen molar-refractivity contribution in [1.29, 1.82) is 0 Å². The zero-order valence-electron chi connectivity index (χ0n) is 9.08. The van der Waals surface area contributed by atoms with Crippen molar-refractivity contribution in [3.05, 3.63) is 17.5 Å². The highest BCUT2D eigenvalue weighted by Gasteiger charge is 2.19. The van der Waals surface area contributed by atoms with Gasteiger partial charge in [-0.25, -0.2) is 0 Å². The van der Waals surface area contributed by atoms with Crippen molar-refractivity contribution in [1.82, 2.24) is 20.4 Å². The molecule has 1 aromatic heterocycles. The number of hydrogen-bond acceptors (Lipinski definition) is 3. The van der Waals surface area contributed by atoms with Crippen LogP contribution in [0.4, 0.5) is 0 Å². The third kappa shape index (κ3) is 2.02. The van der Waals surface area contributed by atoms with Gasteiger partial charge in [0.2, 0.25) is 0 Å². The van der Waals surface area contributed by atoms with Crippen molar-refractivity contribution in [2.45, 2.75) is 19.4 Å². The van der Waals surface area contributed by atoms with E-state index in [4.69, 9.17) is 0 Å². The third-order valence-corrected chi connectivity index (χ3v) is 2.88. The summed E-state index contributed by atoms with van der Waals surface area (Å²) in [5.41, 5.74) is 1.57. The Labute approximate surface area is 88.8 Å². The highest BCUT2D eigenvalue weighted by atomic mass is 16.1. The summed E-state index contributed by atoms with van der Waals surface area (Å²) in [5, 5.41) is 10.3. The molecule has 0 radical (unpaired) electrons. The van der Waals surface area contributed by atoms with Gasteiger partial charge < -0.3 is 10.6 Å². The summed E-state index contributed by atoms with van der Waals surface area (Å²) in [6.45, 7) is 3.75. The Hall–Kier alpha value is -1.36. The second-order valence-corrected chi connectivity index (χ2v) is 3.93. The van der Waals surface area contributed by atoms with E-state index < -0.39 is 0 Å². The van der Waals surface area contributed by atoms with Gasteiger partial charge in [-0.1, -0.05) is 0 Å². The van der Waals surface area contributed by atoms with E-state index in [1.54, 1.807) is 10.9 Å². The number of carbonyl (C=O) groups is 1. The number of nitrogens with zero attached hydrogens (tertiary/aromatic N) is 2. The van der Waals surface area contributed by atoms with Crippen LogP contribution in [-0.2, 0) is 7.05 Å². The summed E-state index contributed by atoms with van der Waals surface area (Å²) in [4.78, 5) is 11.8. The summed E-state index contributed by atoms with van der Waals surface area (Å²) >= 11 is 0. The molecule has 1 amide bonds. The fraction of sp³-hybridized carbons (Fsp3) is 0.600. The van der Waals surface area contributed by atoms with Crippen LogP contribution in [0, 0.1) is 6.92 Å². The molecule has 1 aliphatic rings. The molecule has 5 heteroatoms. The van der Waals surface area contributed by atoms with Crippen LogP contribution in [-0.4, -0.2) is 34.8 Å². The minimum atomic E-state index is -0.0192. The molecular weight excluding hydrogens is 192 g/mol. The van der Waals surface area contributed by atoms with E-state index >= 15 is 0 Å². The molecule has 1 aromatic rings. The first-order valence-electron chi connectivity index (χ1n) is 5.18. The lowest BCUT2D eigenvalue weighted by molar-refractivity contribution is 0.0939. The highest BCUT2D eigenvalue weighted by molar-refractivity contribution is 5.95. The van der Waals surface area contributed by atoms with Crippen LogP contribution in [0.1, 0.15) is 22.5 Å². The second-order valence-electron chi connectivity index (χ2n) is 3.93. The molecule has 1 aliphatic heterocycles. The molecule has 1 fully saturated rings. The molecule has 0 aliphatic carbocycles. The molecule has 2 rings (SSSR count). The van der Waals surface area contributed by atoms with Gasteiger partial charge in [0.1, 0.15) is 0 Å². The van der Waals surface area contributed by atoms with Gasteiger partial charge in [-0.3, -0.25) is 9.48 Å². The average Bonchev–Trinajstić information content (AvgIpc) is 2.79. The maximum absolute atomic E-state index is 11.8. The Morgan fingerprint density at radius 2 is 2.53 bits per heavy atom. The molecule has 0 aromatic carbocycles. The molecule has 1 saturated heterocycles. The Bertz CT molecular complexity index is 365. The van der Waals surface area contributed by atoms with Crippen LogP contribution >= 0.6 is 0 Å². The number of amides is 1. The molecule has 2 N–H and O–H groups in total. The van der Waals surface area contributed by atoms with E-state index in [1.165, 1.54) is 0 Å². The van der Waals surface area contributed by atoms with Gasteiger partial charge in [-0.15, -0.1) is 0 Å². The molecular formula is C10H16N4O. The van der Waals surface area contributed by atoms with Crippen LogP contribution in [0.25, 0.3) is 0 Å². The van der Waals surface area contributed by atoms with E-state index in [-0.39, 0.29) is 11.9 Å². The van der Waals surface area contributed by atoms with Gasteiger partial charge in [0.15, 0.2) is 0 Å². The lowest BCUT2D eigenvalue weighted by Gasteiger charge is -2.10. The zero-order valence-corrected chi connectivity index (χ0v) is 9.08. The summed E-state index contributed by atoms with van der Waals surface area (Å²) in [6.07, 6.45) is 2.62. The number of rotatable bonds is 2. The summed E-state index contributed by atoms with van der Waals surface area (Å²) in [7, 11) is 1.84. The molecule has 2 heterocycles. The Morgan fingerprint density at radius 1 is 1.73 bits per heavy atom. The fourth-order valence-electron chi connectivity index (χ4n) is 1.76. The van der Waals surface area contributed by atoms with Gasteiger partial charge in [0, 0.05) is 25.3 Å². The largest absolute Gasteiger partial charge is 0.348 e. The van der Waals surface area contributed by atoms with Crippen LogP contribution < -0.4 is 10.6 Å². The molecule has 15 heavy (non-hydrogen) atoms. The lowest BCUT2D eigenvalue weighted by Crippen LogP contribution is -2.36. The van der Waals surface area contributed by atoms with Crippen molar-refractivity contribution < 1.29 is 4.79 Å². The Morgan fingerprint density at radius 3 is 3.07 bits per heavy atom. The Balaban J connectivity index is 2.04. The van der Waals surface area contributed by atoms with E-state index in [1.807, 2.05) is 14.0 Å². The van der Waals surface area contributed by atoms with Crippen molar-refractivity contribution >= 4 is 5.91 Å². The molecule has 1 atom stereocenters. The minimum absolute atomic E-state index is 0.0192.